The predicted molar refractivity (Wildman–Crippen MR) is 70.2 cm³/mol. The zero-order valence-corrected chi connectivity index (χ0v) is 11.2. The molecule has 3 heteroatoms. The van der Waals surface area contributed by atoms with E-state index in [1.807, 2.05) is 30.5 Å². The lowest BCUT2D eigenvalue weighted by molar-refractivity contribution is 0.0979. The first-order chi connectivity index (χ1) is 7.27. The molecule has 0 heterocycles. The molecule has 0 unspecified atom stereocenters. The van der Waals surface area contributed by atoms with Crippen LogP contribution in [-0.4, -0.2) is 17.4 Å². The quantitative estimate of drug-likeness (QED) is 0.338. The van der Waals surface area contributed by atoms with Gasteiger partial charge in [-0.25, -0.2) is 0 Å². The molecular formula is C12H15BrOS. The van der Waals surface area contributed by atoms with E-state index in [-0.39, 0.29) is 5.78 Å². The number of Topliss-reactive ketones (excluding diaryl/α,β-unsaturated/α-hetero) is 1. The lowest BCUT2D eigenvalue weighted by Gasteiger charge is -2.02. The third-order valence-electron chi connectivity index (χ3n) is 2.18. The van der Waals surface area contributed by atoms with Crippen LogP contribution >= 0.6 is 27.7 Å². The number of alkyl halides is 1. The molecule has 0 spiro atoms. The lowest BCUT2D eigenvalue weighted by atomic mass is 10.1. The van der Waals surface area contributed by atoms with Gasteiger partial charge in [-0.3, -0.25) is 4.79 Å². The molecule has 0 saturated carbocycles. The van der Waals surface area contributed by atoms with Gasteiger partial charge in [0.25, 0.3) is 0 Å². The number of hydrogen-bond donors (Lipinski definition) is 0. The van der Waals surface area contributed by atoms with Crippen LogP contribution in [0.2, 0.25) is 0 Å². The Morgan fingerprint density at radius 2 is 2.20 bits per heavy atom. The maximum absolute atomic E-state index is 11.8. The maximum atomic E-state index is 11.8. The van der Waals surface area contributed by atoms with Gasteiger partial charge in [0.05, 0.1) is 0 Å². The van der Waals surface area contributed by atoms with Gasteiger partial charge in [0, 0.05) is 22.2 Å². The standard InChI is InChI=1S/C12H15BrOS/c1-15-11-6-4-5-10(9-11)12(14)7-2-3-8-13/h4-6,9H,2-3,7-8H2,1H3. The van der Waals surface area contributed by atoms with Crippen LogP contribution in [0, 0.1) is 0 Å². The second kappa shape index (κ2) is 7.07. The molecule has 0 aromatic heterocycles. The van der Waals surface area contributed by atoms with Crippen LogP contribution in [0.4, 0.5) is 0 Å². The molecule has 1 rings (SSSR count). The molecule has 15 heavy (non-hydrogen) atoms. The number of ketones is 1. The molecule has 0 aliphatic heterocycles. The normalized spacial score (nSPS) is 10.3. The molecule has 0 aliphatic rings. The third kappa shape index (κ3) is 4.39. The molecule has 0 aliphatic carbocycles. The fourth-order valence-corrected chi connectivity index (χ4v) is 2.18. The Morgan fingerprint density at radius 3 is 2.87 bits per heavy atom. The van der Waals surface area contributed by atoms with Crippen LogP contribution in [-0.2, 0) is 0 Å². The first kappa shape index (κ1) is 12.8. The number of rotatable bonds is 6. The van der Waals surface area contributed by atoms with Crippen molar-refractivity contribution in [2.45, 2.75) is 24.2 Å². The van der Waals surface area contributed by atoms with Crippen molar-refractivity contribution in [1.29, 1.82) is 0 Å². The number of thioether (sulfide) groups is 1. The van der Waals surface area contributed by atoms with Gasteiger partial charge in [-0.2, -0.15) is 0 Å². The van der Waals surface area contributed by atoms with Crippen LogP contribution in [0.25, 0.3) is 0 Å². The summed E-state index contributed by atoms with van der Waals surface area (Å²) in [6, 6.07) is 7.85. The highest BCUT2D eigenvalue weighted by molar-refractivity contribution is 9.09. The summed E-state index contributed by atoms with van der Waals surface area (Å²) >= 11 is 5.03. The summed E-state index contributed by atoms with van der Waals surface area (Å²) in [5, 5.41) is 0.977. The molecule has 1 nitrogen and oxygen atoms in total. The van der Waals surface area contributed by atoms with Crippen LogP contribution in [0.5, 0.6) is 0 Å². The molecule has 0 atom stereocenters. The Bertz CT molecular complexity index is 325. The van der Waals surface area contributed by atoms with Crippen LogP contribution in [0.1, 0.15) is 29.6 Å². The molecule has 0 fully saturated rings. The summed E-state index contributed by atoms with van der Waals surface area (Å²) < 4.78 is 0. The van der Waals surface area contributed by atoms with Crippen molar-refractivity contribution in [2.24, 2.45) is 0 Å². The van der Waals surface area contributed by atoms with Crippen molar-refractivity contribution < 1.29 is 4.79 Å². The number of carbonyl (C=O) groups excluding carboxylic acids is 1. The minimum Gasteiger partial charge on any atom is -0.294 e. The van der Waals surface area contributed by atoms with E-state index in [0.717, 1.165) is 28.6 Å². The molecule has 1 aromatic carbocycles. The highest BCUT2D eigenvalue weighted by Gasteiger charge is 2.05. The minimum absolute atomic E-state index is 0.256. The van der Waals surface area contributed by atoms with E-state index in [0.29, 0.717) is 6.42 Å². The first-order valence-corrected chi connectivity index (χ1v) is 7.35. The van der Waals surface area contributed by atoms with E-state index in [9.17, 15) is 4.79 Å². The van der Waals surface area contributed by atoms with Crippen molar-refractivity contribution in [3.63, 3.8) is 0 Å². The molecule has 1 aromatic rings. The second-order valence-corrected chi connectivity index (χ2v) is 4.97. The Morgan fingerprint density at radius 1 is 1.40 bits per heavy atom. The maximum Gasteiger partial charge on any atom is 0.162 e. The monoisotopic (exact) mass is 286 g/mol. The molecule has 0 N–H and O–H groups in total. The van der Waals surface area contributed by atoms with E-state index < -0.39 is 0 Å². The number of hydrogen-bond acceptors (Lipinski definition) is 2. The number of benzene rings is 1. The van der Waals surface area contributed by atoms with Gasteiger partial charge in [0.2, 0.25) is 0 Å². The summed E-state index contributed by atoms with van der Waals surface area (Å²) in [6.07, 6.45) is 4.71. The largest absolute Gasteiger partial charge is 0.294 e. The van der Waals surface area contributed by atoms with Gasteiger partial charge in [0.15, 0.2) is 5.78 Å². The van der Waals surface area contributed by atoms with Crippen LogP contribution in [0.15, 0.2) is 29.2 Å². The van der Waals surface area contributed by atoms with Gasteiger partial charge >= 0.3 is 0 Å². The van der Waals surface area contributed by atoms with Crippen LogP contribution in [0.3, 0.4) is 0 Å². The molecule has 82 valence electrons. The number of halogens is 1. The fraction of sp³-hybridized carbons (Fsp3) is 0.417. The fourth-order valence-electron chi connectivity index (χ4n) is 1.32. The van der Waals surface area contributed by atoms with Crippen molar-refractivity contribution in [2.75, 3.05) is 11.6 Å². The first-order valence-electron chi connectivity index (χ1n) is 5.01. The summed E-state index contributed by atoms with van der Waals surface area (Å²) in [5.41, 5.74) is 0.844. The highest BCUT2D eigenvalue weighted by Crippen LogP contribution is 2.17. The number of carbonyl (C=O) groups is 1. The van der Waals surface area contributed by atoms with E-state index in [1.54, 1.807) is 11.8 Å². The van der Waals surface area contributed by atoms with Crippen molar-refractivity contribution in [3.05, 3.63) is 29.8 Å². The van der Waals surface area contributed by atoms with E-state index >= 15 is 0 Å². The summed E-state index contributed by atoms with van der Waals surface area (Å²) in [4.78, 5) is 12.9. The average Bonchev–Trinajstić information content (AvgIpc) is 2.29. The Kier molecular flexibility index (Phi) is 6.03. The smallest absolute Gasteiger partial charge is 0.162 e. The van der Waals surface area contributed by atoms with Gasteiger partial charge < -0.3 is 0 Å². The van der Waals surface area contributed by atoms with Crippen molar-refractivity contribution in [3.8, 4) is 0 Å². The molecule has 0 radical (unpaired) electrons. The minimum atomic E-state index is 0.256. The van der Waals surface area contributed by atoms with Gasteiger partial charge in [-0.05, 0) is 31.2 Å². The van der Waals surface area contributed by atoms with Crippen molar-refractivity contribution >= 4 is 33.5 Å². The van der Waals surface area contributed by atoms with E-state index in [2.05, 4.69) is 15.9 Å². The third-order valence-corrected chi connectivity index (χ3v) is 3.47. The zero-order valence-electron chi connectivity index (χ0n) is 8.83. The van der Waals surface area contributed by atoms with Crippen LogP contribution < -0.4 is 0 Å². The highest BCUT2D eigenvalue weighted by atomic mass is 79.9. The lowest BCUT2D eigenvalue weighted by Crippen LogP contribution is -1.98. The zero-order chi connectivity index (χ0) is 11.1. The summed E-state index contributed by atoms with van der Waals surface area (Å²) in [6.45, 7) is 0. The summed E-state index contributed by atoms with van der Waals surface area (Å²) in [5.74, 6) is 0.256. The van der Waals surface area contributed by atoms with E-state index in [4.69, 9.17) is 0 Å². The molecule has 0 saturated heterocycles. The molecular weight excluding hydrogens is 272 g/mol. The Hall–Kier alpha value is -0.280. The summed E-state index contributed by atoms with van der Waals surface area (Å²) in [7, 11) is 0. The topological polar surface area (TPSA) is 17.1 Å². The Labute approximate surface area is 104 Å². The van der Waals surface area contributed by atoms with Gasteiger partial charge in [-0.1, -0.05) is 28.1 Å². The second-order valence-electron chi connectivity index (χ2n) is 3.30. The Balaban J connectivity index is 2.57. The predicted octanol–water partition coefficient (Wildman–Crippen LogP) is 4.16. The molecule has 0 bridgehead atoms. The van der Waals surface area contributed by atoms with Crippen molar-refractivity contribution in [1.82, 2.24) is 0 Å². The van der Waals surface area contributed by atoms with Gasteiger partial charge in [0.1, 0.15) is 0 Å². The van der Waals surface area contributed by atoms with E-state index in [1.165, 1.54) is 0 Å². The number of unbranched alkanes of at least 4 members (excludes halogenated alkanes) is 1. The average molecular weight is 287 g/mol. The van der Waals surface area contributed by atoms with Gasteiger partial charge in [-0.15, -0.1) is 11.8 Å². The molecule has 0 amide bonds. The SMILES string of the molecule is CSc1cccc(C(=O)CCCCBr)c1.